The minimum Gasteiger partial charge on any atom is -0.444 e. The number of carbonyl (C=O) groups excluding carboxylic acids is 1. The minimum atomic E-state index is -0.289. The van der Waals surface area contributed by atoms with Crippen molar-refractivity contribution in [2.75, 3.05) is 13.1 Å². The average Bonchev–Trinajstić information content (AvgIpc) is 2.70. The molecule has 1 heterocycles. The van der Waals surface area contributed by atoms with Crippen LogP contribution in [-0.4, -0.2) is 30.8 Å². The van der Waals surface area contributed by atoms with E-state index < -0.39 is 0 Å². The van der Waals surface area contributed by atoms with Gasteiger partial charge in [0.05, 0.1) is 0 Å². The van der Waals surface area contributed by atoms with Crippen LogP contribution in [0, 0.1) is 5.41 Å². The highest BCUT2D eigenvalue weighted by Crippen LogP contribution is 2.51. The van der Waals surface area contributed by atoms with Gasteiger partial charge in [-0.25, -0.2) is 4.79 Å². The fourth-order valence-electron chi connectivity index (χ4n) is 2.07. The van der Waals surface area contributed by atoms with Gasteiger partial charge in [0.2, 0.25) is 0 Å². The summed E-state index contributed by atoms with van der Waals surface area (Å²) in [5, 5.41) is 6.11. The van der Waals surface area contributed by atoms with Gasteiger partial charge >= 0.3 is 6.09 Å². The van der Waals surface area contributed by atoms with E-state index in [0.29, 0.717) is 0 Å². The molecule has 1 spiro atoms. The maximum Gasteiger partial charge on any atom is 0.407 e. The van der Waals surface area contributed by atoms with Crippen LogP contribution < -0.4 is 10.6 Å². The summed E-state index contributed by atoms with van der Waals surface area (Å²) in [6.45, 7) is 7.66. The molecule has 1 aliphatic carbocycles. The lowest BCUT2D eigenvalue weighted by atomic mass is 10.0. The summed E-state index contributed by atoms with van der Waals surface area (Å²) in [5.41, 5.74) is 0.0506. The number of alkyl carbamates (subject to hydrolysis) is 1. The van der Waals surface area contributed by atoms with Gasteiger partial charge in [-0.15, -0.1) is 0 Å². The molecule has 0 aromatic rings. The fraction of sp³-hybridized carbons (Fsp3) is 0.909. The highest BCUT2D eigenvalue weighted by atomic mass is 16.6. The van der Waals surface area contributed by atoms with Crippen molar-refractivity contribution in [3.05, 3.63) is 0 Å². The SMILES string of the molecule is CC(C)(C)NC(=O)O[C@@H]1CNCC12CC2. The largest absolute Gasteiger partial charge is 0.444 e. The van der Waals surface area contributed by atoms with Crippen molar-refractivity contribution in [2.45, 2.75) is 45.3 Å². The number of hydrogen-bond acceptors (Lipinski definition) is 3. The molecule has 2 aliphatic rings. The molecule has 0 unspecified atom stereocenters. The van der Waals surface area contributed by atoms with Crippen LogP contribution in [0.25, 0.3) is 0 Å². The van der Waals surface area contributed by atoms with Gasteiger partial charge in [0.1, 0.15) is 6.10 Å². The van der Waals surface area contributed by atoms with Crippen molar-refractivity contribution in [1.29, 1.82) is 0 Å². The van der Waals surface area contributed by atoms with Gasteiger partial charge in [0.15, 0.2) is 0 Å². The van der Waals surface area contributed by atoms with Crippen LogP contribution in [0.4, 0.5) is 4.79 Å². The van der Waals surface area contributed by atoms with E-state index in [1.807, 2.05) is 20.8 Å². The summed E-state index contributed by atoms with van der Waals surface area (Å²) in [7, 11) is 0. The predicted molar refractivity (Wildman–Crippen MR) is 57.7 cm³/mol. The van der Waals surface area contributed by atoms with Gasteiger partial charge in [-0.1, -0.05) is 0 Å². The van der Waals surface area contributed by atoms with Gasteiger partial charge in [-0.05, 0) is 33.6 Å². The Morgan fingerprint density at radius 3 is 2.67 bits per heavy atom. The predicted octanol–water partition coefficient (Wildman–Crippen LogP) is 1.26. The van der Waals surface area contributed by atoms with Crippen molar-refractivity contribution >= 4 is 6.09 Å². The Bertz CT molecular complexity index is 266. The molecule has 15 heavy (non-hydrogen) atoms. The smallest absolute Gasteiger partial charge is 0.407 e. The van der Waals surface area contributed by atoms with Crippen molar-refractivity contribution in [3.8, 4) is 0 Å². The lowest BCUT2D eigenvalue weighted by Gasteiger charge is -2.23. The van der Waals surface area contributed by atoms with E-state index in [2.05, 4.69) is 10.6 Å². The first-order valence-corrected chi connectivity index (χ1v) is 5.61. The third-order valence-electron chi connectivity index (χ3n) is 3.11. The quantitative estimate of drug-likeness (QED) is 0.688. The molecular weight excluding hydrogens is 192 g/mol. The van der Waals surface area contributed by atoms with Gasteiger partial charge < -0.3 is 15.4 Å². The Morgan fingerprint density at radius 1 is 1.47 bits per heavy atom. The number of rotatable bonds is 1. The molecule has 1 atom stereocenters. The van der Waals surface area contributed by atoms with Gasteiger partial charge in [-0.3, -0.25) is 0 Å². The summed E-state index contributed by atoms with van der Waals surface area (Å²) in [5.74, 6) is 0. The zero-order valence-electron chi connectivity index (χ0n) is 9.72. The lowest BCUT2D eigenvalue weighted by molar-refractivity contribution is 0.0717. The van der Waals surface area contributed by atoms with E-state index in [9.17, 15) is 4.79 Å². The zero-order chi connectivity index (χ0) is 11.1. The first-order chi connectivity index (χ1) is 6.91. The Hall–Kier alpha value is -0.770. The highest BCUT2D eigenvalue weighted by molar-refractivity contribution is 5.68. The highest BCUT2D eigenvalue weighted by Gasteiger charge is 2.54. The van der Waals surface area contributed by atoms with E-state index in [0.717, 1.165) is 13.1 Å². The second kappa shape index (κ2) is 3.37. The Labute approximate surface area is 90.8 Å². The Balaban J connectivity index is 1.84. The first-order valence-electron chi connectivity index (χ1n) is 5.61. The standard InChI is InChI=1S/C11H20N2O2/c1-10(2,3)13-9(14)15-8-6-12-7-11(8)4-5-11/h8,12H,4-7H2,1-3H3,(H,13,14)/t8-/m1/s1. The van der Waals surface area contributed by atoms with E-state index >= 15 is 0 Å². The second-order valence-electron chi connectivity index (χ2n) is 5.76. The Morgan fingerprint density at radius 2 is 2.13 bits per heavy atom. The molecule has 1 aliphatic heterocycles. The molecule has 2 rings (SSSR count). The maximum atomic E-state index is 11.6. The average molecular weight is 212 g/mol. The summed E-state index contributed by atoms with van der Waals surface area (Å²) in [4.78, 5) is 11.6. The summed E-state index contributed by atoms with van der Waals surface area (Å²) in [6.07, 6.45) is 2.16. The van der Waals surface area contributed by atoms with E-state index in [4.69, 9.17) is 4.74 Å². The van der Waals surface area contributed by atoms with Gasteiger partial charge in [-0.2, -0.15) is 0 Å². The molecule has 2 N–H and O–H groups in total. The molecule has 0 aromatic carbocycles. The lowest BCUT2D eigenvalue weighted by Crippen LogP contribution is -2.43. The molecule has 86 valence electrons. The van der Waals surface area contributed by atoms with Crippen LogP contribution in [0.1, 0.15) is 33.6 Å². The second-order valence-corrected chi connectivity index (χ2v) is 5.76. The van der Waals surface area contributed by atoms with Crippen LogP contribution in [0.5, 0.6) is 0 Å². The van der Waals surface area contributed by atoms with Crippen molar-refractivity contribution in [2.24, 2.45) is 5.41 Å². The van der Waals surface area contributed by atoms with Gasteiger partial charge in [0.25, 0.3) is 0 Å². The van der Waals surface area contributed by atoms with Crippen LogP contribution in [0.2, 0.25) is 0 Å². The molecule has 1 saturated carbocycles. The summed E-state index contributed by atoms with van der Waals surface area (Å²) < 4.78 is 5.45. The monoisotopic (exact) mass is 212 g/mol. The van der Waals surface area contributed by atoms with Crippen LogP contribution in [0.3, 0.4) is 0 Å². The third kappa shape index (κ3) is 2.43. The third-order valence-corrected chi connectivity index (χ3v) is 3.11. The molecule has 4 nitrogen and oxygen atoms in total. The molecule has 1 saturated heterocycles. The van der Waals surface area contributed by atoms with Gasteiger partial charge in [0, 0.05) is 24.0 Å². The Kier molecular flexibility index (Phi) is 2.41. The normalized spacial score (nSPS) is 27.8. The van der Waals surface area contributed by atoms with E-state index in [1.54, 1.807) is 0 Å². The molecule has 2 fully saturated rings. The number of nitrogens with one attached hydrogen (secondary N) is 2. The molecule has 1 amide bonds. The van der Waals surface area contributed by atoms with Crippen LogP contribution >= 0.6 is 0 Å². The first kappa shape index (κ1) is 10.7. The van der Waals surface area contributed by atoms with Crippen LogP contribution in [0.15, 0.2) is 0 Å². The van der Waals surface area contributed by atoms with Crippen molar-refractivity contribution in [1.82, 2.24) is 10.6 Å². The van der Waals surface area contributed by atoms with E-state index in [1.165, 1.54) is 12.8 Å². The molecule has 4 heteroatoms. The number of ether oxygens (including phenoxy) is 1. The number of amides is 1. The van der Waals surface area contributed by atoms with Crippen molar-refractivity contribution in [3.63, 3.8) is 0 Å². The fourth-order valence-corrected chi connectivity index (χ4v) is 2.07. The molecule has 0 radical (unpaired) electrons. The van der Waals surface area contributed by atoms with E-state index in [-0.39, 0.29) is 23.2 Å². The summed E-state index contributed by atoms with van der Waals surface area (Å²) >= 11 is 0. The molecular formula is C11H20N2O2. The minimum absolute atomic E-state index is 0.0693. The van der Waals surface area contributed by atoms with Crippen LogP contribution in [-0.2, 0) is 4.74 Å². The summed E-state index contributed by atoms with van der Waals surface area (Å²) in [6, 6.07) is 0. The maximum absolute atomic E-state index is 11.6. The zero-order valence-corrected chi connectivity index (χ0v) is 9.72. The molecule has 0 bridgehead atoms. The van der Waals surface area contributed by atoms with Crippen molar-refractivity contribution < 1.29 is 9.53 Å². The molecule has 0 aromatic heterocycles. The topological polar surface area (TPSA) is 50.4 Å². The number of carbonyl (C=O) groups is 1. The number of hydrogen-bond donors (Lipinski definition) is 2.